The van der Waals surface area contributed by atoms with Crippen LogP contribution in [0.5, 0.6) is 0 Å². The number of nitrogens with one attached hydrogen (secondary N) is 1. The van der Waals surface area contributed by atoms with E-state index in [2.05, 4.69) is 110 Å². The Hall–Kier alpha value is 0.390. The monoisotopic (exact) mass is 644 g/mol. The number of hydrogen-bond acceptors (Lipinski definition) is 2. The van der Waals surface area contributed by atoms with Gasteiger partial charge < -0.3 is 5.43 Å². The first kappa shape index (κ1) is 18.2. The molecule has 0 saturated heterocycles. The number of alkyl halides is 1. The summed E-state index contributed by atoms with van der Waals surface area (Å²) in [6.45, 7) is 0. The van der Waals surface area contributed by atoms with Crippen molar-refractivity contribution >= 4 is 73.5 Å². The van der Waals surface area contributed by atoms with Crippen LogP contribution >= 0.6 is 67.8 Å². The summed E-state index contributed by atoms with van der Waals surface area (Å²) in [5, 5.41) is 0. The first-order chi connectivity index (χ1) is 11.1. The van der Waals surface area contributed by atoms with Gasteiger partial charge in [0.05, 0.1) is 5.69 Å². The lowest BCUT2D eigenvalue weighted by Gasteiger charge is -2.25. The third kappa shape index (κ3) is 4.33. The van der Waals surface area contributed by atoms with Crippen LogP contribution in [0.2, 0.25) is 0 Å². The minimum Gasteiger partial charge on any atom is -0.322 e. The van der Waals surface area contributed by atoms with E-state index in [9.17, 15) is 0 Å². The Bertz CT molecular complexity index is 654. The second-order valence-corrected chi connectivity index (χ2v) is 10.1. The topological polar surface area (TPSA) is 38.0 Å². The fourth-order valence-electron chi connectivity index (χ4n) is 3.21. The van der Waals surface area contributed by atoms with Crippen molar-refractivity contribution in [1.82, 2.24) is 0 Å². The quantitative estimate of drug-likeness (QED) is 0.178. The van der Waals surface area contributed by atoms with E-state index in [0.717, 1.165) is 22.7 Å². The second-order valence-electron chi connectivity index (χ2n) is 6.03. The molecule has 0 aromatic heterocycles. The van der Waals surface area contributed by atoms with Crippen molar-refractivity contribution < 1.29 is 0 Å². The van der Waals surface area contributed by atoms with Crippen LogP contribution in [0.25, 0.3) is 11.1 Å². The SMILES string of the molecule is NNc1c(I)cc(-c2ccc(C3CCC(I)CC3)cc2)cc1I. The van der Waals surface area contributed by atoms with Crippen LogP contribution in [0.15, 0.2) is 36.4 Å². The van der Waals surface area contributed by atoms with E-state index in [0.29, 0.717) is 0 Å². The molecule has 3 N–H and O–H groups in total. The molecule has 0 amide bonds. The fraction of sp³-hybridized carbons (Fsp3) is 0.333. The minimum atomic E-state index is 0.749. The molecule has 122 valence electrons. The standard InChI is InChI=1S/C18H19I3N2/c19-15-7-5-12(6-8-15)11-1-3-13(4-2-11)14-9-16(20)18(23-22)17(21)10-14/h1-4,9-10,12,15,23H,5-8,22H2. The lowest BCUT2D eigenvalue weighted by atomic mass is 9.83. The van der Waals surface area contributed by atoms with Gasteiger partial charge in [-0.1, -0.05) is 46.9 Å². The summed E-state index contributed by atoms with van der Waals surface area (Å²) in [6.07, 6.45) is 5.38. The Morgan fingerprint density at radius 1 is 0.870 bits per heavy atom. The molecule has 0 spiro atoms. The van der Waals surface area contributed by atoms with Gasteiger partial charge >= 0.3 is 0 Å². The molecule has 2 nitrogen and oxygen atoms in total. The largest absolute Gasteiger partial charge is 0.322 e. The maximum absolute atomic E-state index is 5.59. The zero-order chi connectivity index (χ0) is 16.4. The molecule has 0 bridgehead atoms. The molecule has 3 rings (SSSR count). The van der Waals surface area contributed by atoms with E-state index in [1.165, 1.54) is 42.4 Å². The number of nitrogen functional groups attached to an aromatic ring is 1. The molecule has 0 radical (unpaired) electrons. The van der Waals surface area contributed by atoms with Crippen molar-refractivity contribution in [2.45, 2.75) is 35.5 Å². The van der Waals surface area contributed by atoms with Gasteiger partial charge in [0.15, 0.2) is 0 Å². The molecule has 2 aromatic rings. The summed E-state index contributed by atoms with van der Waals surface area (Å²) in [4.78, 5) is 0. The smallest absolute Gasteiger partial charge is 0.0753 e. The van der Waals surface area contributed by atoms with E-state index in [-0.39, 0.29) is 0 Å². The van der Waals surface area contributed by atoms with Crippen LogP contribution in [0.3, 0.4) is 0 Å². The molecule has 0 aliphatic heterocycles. The van der Waals surface area contributed by atoms with Crippen molar-refractivity contribution in [1.29, 1.82) is 0 Å². The first-order valence-electron chi connectivity index (χ1n) is 7.78. The maximum Gasteiger partial charge on any atom is 0.0753 e. The van der Waals surface area contributed by atoms with E-state index in [1.807, 2.05) is 0 Å². The van der Waals surface area contributed by atoms with Crippen molar-refractivity contribution in [3.05, 3.63) is 49.1 Å². The predicted molar refractivity (Wildman–Crippen MR) is 124 cm³/mol. The molecule has 0 unspecified atom stereocenters. The fourth-order valence-corrected chi connectivity index (χ4v) is 6.01. The third-order valence-electron chi connectivity index (χ3n) is 4.56. The zero-order valence-electron chi connectivity index (χ0n) is 12.7. The second kappa shape index (κ2) is 8.18. The van der Waals surface area contributed by atoms with E-state index in [4.69, 9.17) is 5.84 Å². The van der Waals surface area contributed by atoms with Gasteiger partial charge in [0.1, 0.15) is 0 Å². The Balaban J connectivity index is 1.82. The van der Waals surface area contributed by atoms with Crippen LogP contribution in [-0.4, -0.2) is 3.92 Å². The van der Waals surface area contributed by atoms with Gasteiger partial charge in [0.2, 0.25) is 0 Å². The lowest BCUT2D eigenvalue weighted by molar-refractivity contribution is 0.462. The highest BCUT2D eigenvalue weighted by atomic mass is 127. The Kier molecular flexibility index (Phi) is 6.47. The number of nitrogens with two attached hydrogens (primary N) is 1. The number of halogens is 3. The van der Waals surface area contributed by atoms with Gasteiger partial charge in [-0.15, -0.1) is 0 Å². The van der Waals surface area contributed by atoms with E-state index < -0.39 is 0 Å². The molecule has 1 aliphatic rings. The minimum absolute atomic E-state index is 0.749. The number of anilines is 1. The van der Waals surface area contributed by atoms with Crippen LogP contribution in [0.1, 0.15) is 37.2 Å². The molecular formula is C18H19I3N2. The summed E-state index contributed by atoms with van der Waals surface area (Å²) in [5.74, 6) is 6.34. The van der Waals surface area contributed by atoms with E-state index >= 15 is 0 Å². The Morgan fingerprint density at radius 3 is 1.96 bits per heavy atom. The molecule has 0 atom stereocenters. The van der Waals surface area contributed by atoms with Crippen molar-refractivity contribution in [2.24, 2.45) is 5.84 Å². The average Bonchev–Trinajstić information content (AvgIpc) is 2.55. The molecule has 1 aliphatic carbocycles. The Labute approximate surface area is 178 Å². The van der Waals surface area contributed by atoms with Crippen molar-refractivity contribution in [3.8, 4) is 11.1 Å². The number of benzene rings is 2. The number of rotatable bonds is 3. The molecule has 23 heavy (non-hydrogen) atoms. The van der Waals surface area contributed by atoms with Crippen LogP contribution in [0.4, 0.5) is 5.69 Å². The van der Waals surface area contributed by atoms with Gasteiger partial charge in [0.25, 0.3) is 0 Å². The highest BCUT2D eigenvalue weighted by molar-refractivity contribution is 14.1. The van der Waals surface area contributed by atoms with Gasteiger partial charge in [0, 0.05) is 11.1 Å². The summed E-state index contributed by atoms with van der Waals surface area (Å²) in [7, 11) is 0. The van der Waals surface area contributed by atoms with E-state index in [1.54, 1.807) is 0 Å². The highest BCUT2D eigenvalue weighted by Gasteiger charge is 2.20. The molecule has 1 fully saturated rings. The van der Waals surface area contributed by atoms with Gasteiger partial charge in [-0.05, 0) is 106 Å². The lowest BCUT2D eigenvalue weighted by Crippen LogP contribution is -2.12. The normalized spacial score (nSPS) is 21.2. The molecular weight excluding hydrogens is 625 g/mol. The zero-order valence-corrected chi connectivity index (χ0v) is 19.1. The first-order valence-corrected chi connectivity index (χ1v) is 11.2. The molecule has 1 saturated carbocycles. The summed E-state index contributed by atoms with van der Waals surface area (Å²) in [6, 6.07) is 13.6. The third-order valence-corrected chi connectivity index (χ3v) is 7.51. The summed E-state index contributed by atoms with van der Waals surface area (Å²) >= 11 is 7.26. The van der Waals surface area contributed by atoms with Crippen molar-refractivity contribution in [2.75, 3.05) is 5.43 Å². The van der Waals surface area contributed by atoms with Crippen LogP contribution in [-0.2, 0) is 0 Å². The maximum atomic E-state index is 5.59. The summed E-state index contributed by atoms with van der Waals surface area (Å²) in [5.41, 5.74) is 7.81. The predicted octanol–water partition coefficient (Wildman–Crippen LogP) is 6.31. The van der Waals surface area contributed by atoms with Crippen LogP contribution < -0.4 is 11.3 Å². The average molecular weight is 644 g/mol. The molecule has 5 heteroatoms. The summed E-state index contributed by atoms with van der Waals surface area (Å²) < 4.78 is 3.18. The number of hydrazine groups is 1. The van der Waals surface area contributed by atoms with Crippen molar-refractivity contribution in [3.63, 3.8) is 0 Å². The van der Waals surface area contributed by atoms with Gasteiger partial charge in [-0.2, -0.15) is 0 Å². The molecule has 0 heterocycles. The molecule has 2 aromatic carbocycles. The Morgan fingerprint density at radius 2 is 1.43 bits per heavy atom. The number of hydrogen-bond donors (Lipinski definition) is 2. The van der Waals surface area contributed by atoms with Gasteiger partial charge in [-0.3, -0.25) is 5.84 Å². The highest BCUT2D eigenvalue weighted by Crippen LogP contribution is 2.37. The van der Waals surface area contributed by atoms with Crippen LogP contribution in [0, 0.1) is 7.14 Å². The van der Waals surface area contributed by atoms with Gasteiger partial charge in [-0.25, -0.2) is 0 Å².